The zero-order valence-corrected chi connectivity index (χ0v) is 14.8. The molecule has 0 unspecified atom stereocenters. The highest BCUT2D eigenvalue weighted by atomic mass is 35.5. The number of hydrazine groups is 1. The number of benzene rings is 1. The van der Waals surface area contributed by atoms with Gasteiger partial charge in [0.15, 0.2) is 6.61 Å². The summed E-state index contributed by atoms with van der Waals surface area (Å²) < 4.78 is 5.24. The molecule has 9 heteroatoms. The lowest BCUT2D eigenvalue weighted by Gasteiger charge is -2.27. The minimum Gasteiger partial charge on any atom is -0.482 e. The van der Waals surface area contributed by atoms with Crippen molar-refractivity contribution in [3.05, 3.63) is 28.2 Å². The Kier molecular flexibility index (Phi) is 6.90. The van der Waals surface area contributed by atoms with Gasteiger partial charge in [-0.25, -0.2) is 0 Å². The van der Waals surface area contributed by atoms with Gasteiger partial charge in [-0.1, -0.05) is 36.0 Å². The van der Waals surface area contributed by atoms with Gasteiger partial charge >= 0.3 is 5.97 Å². The Hall–Kier alpha value is -1.99. The Morgan fingerprint density at radius 3 is 2.44 bits per heavy atom. The van der Waals surface area contributed by atoms with Crippen molar-refractivity contribution in [2.75, 3.05) is 6.61 Å². The van der Waals surface area contributed by atoms with E-state index in [-0.39, 0.29) is 17.4 Å². The topological polar surface area (TPSA) is 105 Å². The summed E-state index contributed by atoms with van der Waals surface area (Å²) in [6.45, 7) is -0.366. The quantitative estimate of drug-likeness (QED) is 0.671. The molecule has 136 valence electrons. The first-order valence-electron chi connectivity index (χ1n) is 7.78. The third-order valence-electron chi connectivity index (χ3n) is 4.00. The molecule has 1 saturated carbocycles. The Morgan fingerprint density at radius 2 is 1.80 bits per heavy atom. The van der Waals surface area contributed by atoms with Crippen LogP contribution in [0.25, 0.3) is 0 Å². The Bertz CT molecular complexity index is 668. The summed E-state index contributed by atoms with van der Waals surface area (Å²) in [5.74, 6) is -3.20. The van der Waals surface area contributed by atoms with Crippen LogP contribution in [0, 0.1) is 11.8 Å². The van der Waals surface area contributed by atoms with Gasteiger partial charge in [-0.05, 0) is 31.0 Å². The number of carbonyl (C=O) groups is 3. The highest BCUT2D eigenvalue weighted by molar-refractivity contribution is 6.35. The number of amides is 2. The van der Waals surface area contributed by atoms with E-state index in [1.54, 1.807) is 6.07 Å². The van der Waals surface area contributed by atoms with Crippen molar-refractivity contribution in [2.24, 2.45) is 11.8 Å². The minimum absolute atomic E-state index is 0.260. The number of hydrogen-bond donors (Lipinski definition) is 3. The predicted molar refractivity (Wildman–Crippen MR) is 91.3 cm³/mol. The molecule has 1 fully saturated rings. The van der Waals surface area contributed by atoms with Gasteiger partial charge in [-0.3, -0.25) is 25.2 Å². The largest absolute Gasteiger partial charge is 0.482 e. The molecule has 1 aromatic rings. The molecule has 0 heterocycles. The maximum atomic E-state index is 12.1. The van der Waals surface area contributed by atoms with Crippen LogP contribution in [0.2, 0.25) is 10.0 Å². The lowest BCUT2D eigenvalue weighted by Crippen LogP contribution is -2.49. The molecule has 1 aliphatic carbocycles. The molecule has 0 radical (unpaired) electrons. The normalized spacial score (nSPS) is 19.8. The summed E-state index contributed by atoms with van der Waals surface area (Å²) >= 11 is 11.7. The summed E-state index contributed by atoms with van der Waals surface area (Å²) in [7, 11) is 0. The number of aliphatic carboxylic acids is 1. The van der Waals surface area contributed by atoms with Gasteiger partial charge in [0, 0.05) is 5.02 Å². The van der Waals surface area contributed by atoms with Crippen molar-refractivity contribution < 1.29 is 24.2 Å². The zero-order valence-electron chi connectivity index (χ0n) is 13.3. The molecule has 1 aliphatic rings. The van der Waals surface area contributed by atoms with E-state index in [9.17, 15) is 19.5 Å². The zero-order chi connectivity index (χ0) is 18.4. The summed E-state index contributed by atoms with van der Waals surface area (Å²) in [5, 5.41) is 9.88. The van der Waals surface area contributed by atoms with Crippen molar-refractivity contribution in [2.45, 2.75) is 25.7 Å². The molecule has 0 bridgehead atoms. The third kappa shape index (κ3) is 5.51. The maximum absolute atomic E-state index is 12.1. The SMILES string of the molecule is O=C(COc1ccc(Cl)cc1Cl)NNC(=O)[C@@H]1CCCC[C@@H]1C(=O)O. The predicted octanol–water partition coefficient (Wildman–Crippen LogP) is 2.41. The van der Waals surface area contributed by atoms with Crippen LogP contribution in [0.1, 0.15) is 25.7 Å². The number of carbonyl (C=O) groups excluding carboxylic acids is 2. The number of carboxylic acids is 1. The summed E-state index contributed by atoms with van der Waals surface area (Å²) in [4.78, 5) is 35.1. The second-order valence-electron chi connectivity index (χ2n) is 5.74. The molecule has 0 aliphatic heterocycles. The fourth-order valence-electron chi connectivity index (χ4n) is 2.74. The fraction of sp³-hybridized carbons (Fsp3) is 0.438. The van der Waals surface area contributed by atoms with E-state index < -0.39 is 29.6 Å². The number of carboxylic acid groups (broad SMARTS) is 1. The average molecular weight is 389 g/mol. The first-order chi connectivity index (χ1) is 11.9. The standard InChI is InChI=1S/C16H18Cl2N2O5/c17-9-5-6-13(12(18)7-9)25-8-14(21)19-20-15(22)10-3-1-2-4-11(10)16(23)24/h5-7,10-11H,1-4,8H2,(H,19,21)(H,20,22)(H,23,24)/t10-,11+/m1/s1. The summed E-state index contributed by atoms with van der Waals surface area (Å²) in [6.07, 6.45) is 2.51. The monoisotopic (exact) mass is 388 g/mol. The molecule has 0 aromatic heterocycles. The first-order valence-corrected chi connectivity index (χ1v) is 8.53. The minimum atomic E-state index is -0.994. The van der Waals surface area contributed by atoms with Gasteiger partial charge in [-0.15, -0.1) is 0 Å². The molecule has 1 aromatic carbocycles. The maximum Gasteiger partial charge on any atom is 0.307 e. The van der Waals surface area contributed by atoms with Crippen LogP contribution in [0.4, 0.5) is 0 Å². The van der Waals surface area contributed by atoms with Crippen LogP contribution in [0.15, 0.2) is 18.2 Å². The lowest BCUT2D eigenvalue weighted by atomic mass is 9.79. The third-order valence-corrected chi connectivity index (χ3v) is 4.53. The van der Waals surface area contributed by atoms with Crippen LogP contribution < -0.4 is 15.6 Å². The van der Waals surface area contributed by atoms with Crippen LogP contribution in [-0.2, 0) is 14.4 Å². The lowest BCUT2D eigenvalue weighted by molar-refractivity contribution is -0.149. The van der Waals surface area contributed by atoms with Crippen LogP contribution in [0.3, 0.4) is 0 Å². The molecule has 2 atom stereocenters. The molecule has 0 spiro atoms. The van der Waals surface area contributed by atoms with E-state index >= 15 is 0 Å². The fourth-order valence-corrected chi connectivity index (χ4v) is 3.20. The first kappa shape index (κ1) is 19.3. The van der Waals surface area contributed by atoms with Gasteiger partial charge in [0.25, 0.3) is 5.91 Å². The molecule has 3 N–H and O–H groups in total. The summed E-state index contributed by atoms with van der Waals surface area (Å²) in [6, 6.07) is 4.57. The van der Waals surface area contributed by atoms with Crippen molar-refractivity contribution in [3.8, 4) is 5.75 Å². The van der Waals surface area contributed by atoms with Crippen LogP contribution >= 0.6 is 23.2 Å². The number of rotatable bonds is 5. The number of hydrogen-bond acceptors (Lipinski definition) is 4. The van der Waals surface area contributed by atoms with Crippen LogP contribution in [0.5, 0.6) is 5.75 Å². The number of ether oxygens (including phenoxy) is 1. The van der Waals surface area contributed by atoms with Crippen LogP contribution in [-0.4, -0.2) is 29.5 Å². The Labute approximate surface area is 154 Å². The van der Waals surface area contributed by atoms with Crippen molar-refractivity contribution >= 4 is 41.0 Å². The van der Waals surface area contributed by atoms with Crippen molar-refractivity contribution in [1.29, 1.82) is 0 Å². The Balaban J connectivity index is 1.80. The second kappa shape index (κ2) is 8.92. The molecule has 0 saturated heterocycles. The molecule has 25 heavy (non-hydrogen) atoms. The van der Waals surface area contributed by atoms with Gasteiger partial charge in [0.05, 0.1) is 16.9 Å². The van der Waals surface area contributed by atoms with Gasteiger partial charge in [0.2, 0.25) is 5.91 Å². The Morgan fingerprint density at radius 1 is 1.12 bits per heavy atom. The molecule has 2 amide bonds. The highest BCUT2D eigenvalue weighted by Gasteiger charge is 2.35. The molecule has 2 rings (SSSR count). The van der Waals surface area contributed by atoms with Crippen molar-refractivity contribution in [3.63, 3.8) is 0 Å². The van der Waals surface area contributed by atoms with E-state index in [2.05, 4.69) is 10.9 Å². The molecule has 7 nitrogen and oxygen atoms in total. The van der Waals surface area contributed by atoms with Gasteiger partial charge < -0.3 is 9.84 Å². The molecular weight excluding hydrogens is 371 g/mol. The van der Waals surface area contributed by atoms with Crippen molar-refractivity contribution in [1.82, 2.24) is 10.9 Å². The average Bonchev–Trinajstić information content (AvgIpc) is 2.58. The van der Waals surface area contributed by atoms with E-state index in [1.807, 2.05) is 0 Å². The van der Waals surface area contributed by atoms with E-state index in [1.165, 1.54) is 12.1 Å². The van der Waals surface area contributed by atoms with Gasteiger partial charge in [-0.2, -0.15) is 0 Å². The van der Waals surface area contributed by atoms with Gasteiger partial charge in [0.1, 0.15) is 5.75 Å². The van der Waals surface area contributed by atoms with E-state index in [0.717, 1.165) is 12.8 Å². The summed E-state index contributed by atoms with van der Waals surface area (Å²) in [5.41, 5.74) is 4.48. The number of nitrogens with one attached hydrogen (secondary N) is 2. The smallest absolute Gasteiger partial charge is 0.307 e. The second-order valence-corrected chi connectivity index (χ2v) is 6.58. The number of halogens is 2. The highest BCUT2D eigenvalue weighted by Crippen LogP contribution is 2.30. The van der Waals surface area contributed by atoms with E-state index in [0.29, 0.717) is 17.9 Å². The van der Waals surface area contributed by atoms with E-state index in [4.69, 9.17) is 27.9 Å². The molecular formula is C16H18Cl2N2O5.